The van der Waals surface area contributed by atoms with Gasteiger partial charge in [-0.2, -0.15) is 0 Å². The largest absolute Gasteiger partial charge is 0.480 e. The number of hydrogen-bond acceptors (Lipinski definition) is 4. The van der Waals surface area contributed by atoms with E-state index >= 15 is 0 Å². The molecule has 1 fully saturated rings. The first-order chi connectivity index (χ1) is 10.1. The lowest BCUT2D eigenvalue weighted by Crippen LogP contribution is -2.48. The molecule has 2 N–H and O–H groups in total. The van der Waals surface area contributed by atoms with Crippen LogP contribution < -0.4 is 5.32 Å². The fraction of sp³-hybridized carbons (Fsp3) is 0.875. The van der Waals surface area contributed by atoms with Crippen LogP contribution in [0.25, 0.3) is 0 Å². The zero-order chi connectivity index (χ0) is 16.9. The molecule has 0 aromatic carbocycles. The zero-order valence-corrected chi connectivity index (χ0v) is 14.4. The molecule has 0 aromatic rings. The van der Waals surface area contributed by atoms with Crippen LogP contribution in [-0.4, -0.2) is 52.8 Å². The summed E-state index contributed by atoms with van der Waals surface area (Å²) in [6.45, 7) is 10.7. The van der Waals surface area contributed by atoms with Gasteiger partial charge in [0.15, 0.2) is 0 Å². The van der Waals surface area contributed by atoms with Gasteiger partial charge >= 0.3 is 12.1 Å². The van der Waals surface area contributed by atoms with Crippen LogP contribution in [0.15, 0.2) is 0 Å². The summed E-state index contributed by atoms with van der Waals surface area (Å²) in [5.74, 6) is -0.533. The van der Waals surface area contributed by atoms with E-state index in [0.717, 1.165) is 12.8 Å². The van der Waals surface area contributed by atoms with Crippen molar-refractivity contribution in [2.24, 2.45) is 5.92 Å². The van der Waals surface area contributed by atoms with E-state index in [1.165, 1.54) is 0 Å². The standard InChI is InChI=1S/C16H30N2O4/c1-11(2)9-13(14(19)20)17-10-12-7-6-8-18(12)15(21)22-16(3,4)5/h11-13,17H,6-10H2,1-5H3,(H,19,20). The Hall–Kier alpha value is -1.30. The average molecular weight is 314 g/mol. The van der Waals surface area contributed by atoms with Gasteiger partial charge in [0.1, 0.15) is 11.6 Å². The normalized spacial score (nSPS) is 20.3. The fourth-order valence-corrected chi connectivity index (χ4v) is 2.63. The molecule has 1 rings (SSSR count). The minimum atomic E-state index is -0.837. The maximum atomic E-state index is 12.2. The number of ether oxygens (including phenoxy) is 1. The summed E-state index contributed by atoms with van der Waals surface area (Å²) in [7, 11) is 0. The van der Waals surface area contributed by atoms with E-state index in [4.69, 9.17) is 4.74 Å². The molecule has 2 unspecified atom stereocenters. The van der Waals surface area contributed by atoms with Crippen molar-refractivity contribution in [2.45, 2.75) is 71.6 Å². The van der Waals surface area contributed by atoms with E-state index in [9.17, 15) is 14.7 Å². The highest BCUT2D eigenvalue weighted by atomic mass is 16.6. The molecule has 0 aromatic heterocycles. The van der Waals surface area contributed by atoms with Crippen LogP contribution in [0.4, 0.5) is 4.79 Å². The van der Waals surface area contributed by atoms with Gasteiger partial charge in [-0.05, 0) is 46.0 Å². The second-order valence-corrected chi connectivity index (χ2v) is 7.40. The Morgan fingerprint density at radius 1 is 1.36 bits per heavy atom. The summed E-state index contributed by atoms with van der Waals surface area (Å²) in [5, 5.41) is 12.3. The molecular formula is C16H30N2O4. The van der Waals surface area contributed by atoms with E-state index < -0.39 is 17.6 Å². The first-order valence-electron chi connectivity index (χ1n) is 8.06. The molecule has 0 radical (unpaired) electrons. The van der Waals surface area contributed by atoms with Crippen LogP contribution in [0.3, 0.4) is 0 Å². The molecule has 128 valence electrons. The summed E-state index contributed by atoms with van der Waals surface area (Å²) in [4.78, 5) is 25.2. The highest BCUT2D eigenvalue weighted by Crippen LogP contribution is 2.20. The van der Waals surface area contributed by atoms with Gasteiger partial charge in [0, 0.05) is 19.1 Å². The number of likely N-dealkylation sites (tertiary alicyclic amines) is 1. The van der Waals surface area contributed by atoms with Crippen molar-refractivity contribution >= 4 is 12.1 Å². The van der Waals surface area contributed by atoms with Gasteiger partial charge in [0.05, 0.1) is 0 Å². The van der Waals surface area contributed by atoms with Crippen molar-refractivity contribution in [1.29, 1.82) is 0 Å². The third-order valence-electron chi connectivity index (χ3n) is 3.61. The van der Waals surface area contributed by atoms with E-state index in [1.54, 1.807) is 4.90 Å². The maximum Gasteiger partial charge on any atom is 0.410 e. The predicted octanol–water partition coefficient (Wildman–Crippen LogP) is 2.47. The summed E-state index contributed by atoms with van der Waals surface area (Å²) >= 11 is 0. The molecule has 0 bridgehead atoms. The number of carbonyl (C=O) groups is 2. The molecule has 1 heterocycles. The van der Waals surface area contributed by atoms with Crippen molar-refractivity contribution in [1.82, 2.24) is 10.2 Å². The van der Waals surface area contributed by atoms with Gasteiger partial charge in [0.2, 0.25) is 0 Å². The fourth-order valence-electron chi connectivity index (χ4n) is 2.63. The first kappa shape index (κ1) is 18.7. The lowest BCUT2D eigenvalue weighted by Gasteiger charge is -2.29. The first-order valence-corrected chi connectivity index (χ1v) is 8.06. The van der Waals surface area contributed by atoms with E-state index in [2.05, 4.69) is 5.32 Å². The third-order valence-corrected chi connectivity index (χ3v) is 3.61. The van der Waals surface area contributed by atoms with Crippen LogP contribution in [0.2, 0.25) is 0 Å². The van der Waals surface area contributed by atoms with Gasteiger partial charge in [-0.25, -0.2) is 4.79 Å². The number of carboxylic acids is 1. The lowest BCUT2D eigenvalue weighted by atomic mass is 10.0. The van der Waals surface area contributed by atoms with Crippen LogP contribution in [0.5, 0.6) is 0 Å². The SMILES string of the molecule is CC(C)CC(NCC1CCCN1C(=O)OC(C)(C)C)C(=O)O. The summed E-state index contributed by atoms with van der Waals surface area (Å²) in [6.07, 6.45) is 2.06. The van der Waals surface area contributed by atoms with Crippen molar-refractivity contribution in [3.8, 4) is 0 Å². The Kier molecular flexibility index (Phi) is 6.66. The average Bonchev–Trinajstić information content (AvgIpc) is 2.79. The lowest BCUT2D eigenvalue weighted by molar-refractivity contribution is -0.139. The molecule has 1 aliphatic rings. The second kappa shape index (κ2) is 7.81. The second-order valence-electron chi connectivity index (χ2n) is 7.40. The molecule has 1 saturated heterocycles. The van der Waals surface area contributed by atoms with Crippen LogP contribution in [0, 0.1) is 5.92 Å². The molecule has 0 saturated carbocycles. The van der Waals surface area contributed by atoms with Gasteiger partial charge in [0.25, 0.3) is 0 Å². The smallest absolute Gasteiger partial charge is 0.410 e. The maximum absolute atomic E-state index is 12.2. The highest BCUT2D eigenvalue weighted by Gasteiger charge is 2.32. The highest BCUT2D eigenvalue weighted by molar-refractivity contribution is 5.73. The number of nitrogens with one attached hydrogen (secondary N) is 1. The summed E-state index contributed by atoms with van der Waals surface area (Å²) < 4.78 is 5.41. The number of carbonyl (C=O) groups excluding carboxylic acids is 1. The summed E-state index contributed by atoms with van der Waals surface area (Å²) in [6, 6.07) is -0.565. The zero-order valence-electron chi connectivity index (χ0n) is 14.4. The Morgan fingerprint density at radius 2 is 2.00 bits per heavy atom. The van der Waals surface area contributed by atoms with Gasteiger partial charge < -0.3 is 20.1 Å². The number of carboxylic acid groups (broad SMARTS) is 1. The van der Waals surface area contributed by atoms with Crippen molar-refractivity contribution in [3.05, 3.63) is 0 Å². The van der Waals surface area contributed by atoms with Gasteiger partial charge in [-0.3, -0.25) is 4.79 Å². The quantitative estimate of drug-likeness (QED) is 0.787. The summed E-state index contributed by atoms with van der Waals surface area (Å²) in [5.41, 5.74) is -0.515. The van der Waals surface area contributed by atoms with Gasteiger partial charge in [-0.1, -0.05) is 13.8 Å². The minimum absolute atomic E-state index is 0.00358. The van der Waals surface area contributed by atoms with Crippen LogP contribution >= 0.6 is 0 Å². The topological polar surface area (TPSA) is 78.9 Å². The molecule has 2 atom stereocenters. The Morgan fingerprint density at radius 3 is 2.50 bits per heavy atom. The van der Waals surface area contributed by atoms with Crippen molar-refractivity contribution < 1.29 is 19.4 Å². The van der Waals surface area contributed by atoms with E-state index in [-0.39, 0.29) is 12.1 Å². The van der Waals surface area contributed by atoms with Crippen LogP contribution in [0.1, 0.15) is 53.9 Å². The van der Waals surface area contributed by atoms with Crippen molar-refractivity contribution in [3.63, 3.8) is 0 Å². The molecule has 0 aliphatic carbocycles. The van der Waals surface area contributed by atoms with E-state index in [0.29, 0.717) is 25.4 Å². The number of rotatable bonds is 6. The molecule has 1 aliphatic heterocycles. The predicted molar refractivity (Wildman–Crippen MR) is 84.8 cm³/mol. The number of nitrogens with zero attached hydrogens (tertiary/aromatic N) is 1. The monoisotopic (exact) mass is 314 g/mol. The Labute approximate surface area is 133 Å². The van der Waals surface area contributed by atoms with Crippen molar-refractivity contribution in [2.75, 3.05) is 13.1 Å². The molecule has 0 spiro atoms. The third kappa shape index (κ3) is 6.22. The van der Waals surface area contributed by atoms with Crippen LogP contribution in [-0.2, 0) is 9.53 Å². The molecule has 1 amide bonds. The number of hydrogen-bond donors (Lipinski definition) is 2. The molecular weight excluding hydrogens is 284 g/mol. The molecule has 6 nitrogen and oxygen atoms in total. The Balaban J connectivity index is 2.56. The van der Waals surface area contributed by atoms with Gasteiger partial charge in [-0.15, -0.1) is 0 Å². The number of amides is 1. The molecule has 6 heteroatoms. The van der Waals surface area contributed by atoms with E-state index in [1.807, 2.05) is 34.6 Å². The minimum Gasteiger partial charge on any atom is -0.480 e. The number of aliphatic carboxylic acids is 1. The Bertz CT molecular complexity index is 390. The molecule has 22 heavy (non-hydrogen) atoms.